The Kier molecular flexibility index (Phi) is 3.22. The Labute approximate surface area is 123 Å². The van der Waals surface area contributed by atoms with Crippen LogP contribution in [0, 0.1) is 20.8 Å². The zero-order valence-corrected chi connectivity index (χ0v) is 12.3. The van der Waals surface area contributed by atoms with Gasteiger partial charge in [-0.1, -0.05) is 6.07 Å². The SMILES string of the molecule is Cc1cccnc1NC(=O)c1ccc2[nH]c(C)c(C)c2c1. The van der Waals surface area contributed by atoms with Crippen LogP contribution in [0.5, 0.6) is 0 Å². The highest BCUT2D eigenvalue weighted by atomic mass is 16.1. The van der Waals surface area contributed by atoms with Crippen molar-refractivity contribution in [2.24, 2.45) is 0 Å². The number of benzene rings is 1. The molecule has 2 aromatic heterocycles. The maximum atomic E-state index is 12.4. The van der Waals surface area contributed by atoms with Crippen molar-refractivity contribution in [1.82, 2.24) is 9.97 Å². The summed E-state index contributed by atoms with van der Waals surface area (Å²) in [4.78, 5) is 19.9. The van der Waals surface area contributed by atoms with E-state index in [2.05, 4.69) is 22.2 Å². The van der Waals surface area contributed by atoms with Crippen LogP contribution in [-0.4, -0.2) is 15.9 Å². The molecule has 0 unspecified atom stereocenters. The maximum absolute atomic E-state index is 12.4. The van der Waals surface area contributed by atoms with Gasteiger partial charge in [-0.05, 0) is 56.2 Å². The van der Waals surface area contributed by atoms with Crippen molar-refractivity contribution in [2.75, 3.05) is 5.32 Å². The minimum atomic E-state index is -0.142. The van der Waals surface area contributed by atoms with Crippen molar-refractivity contribution in [3.8, 4) is 0 Å². The van der Waals surface area contributed by atoms with Crippen LogP contribution in [0.1, 0.15) is 27.2 Å². The number of amides is 1. The molecule has 0 aliphatic carbocycles. The lowest BCUT2D eigenvalue weighted by molar-refractivity contribution is 0.102. The minimum absolute atomic E-state index is 0.142. The van der Waals surface area contributed by atoms with Crippen molar-refractivity contribution in [3.63, 3.8) is 0 Å². The fraction of sp³-hybridized carbons (Fsp3) is 0.176. The molecule has 21 heavy (non-hydrogen) atoms. The quantitative estimate of drug-likeness (QED) is 0.750. The summed E-state index contributed by atoms with van der Waals surface area (Å²) in [5.41, 5.74) is 4.93. The number of nitrogens with zero attached hydrogens (tertiary/aromatic N) is 1. The number of anilines is 1. The summed E-state index contributed by atoms with van der Waals surface area (Å²) in [6, 6.07) is 9.46. The van der Waals surface area contributed by atoms with Crippen molar-refractivity contribution < 1.29 is 4.79 Å². The summed E-state index contributed by atoms with van der Waals surface area (Å²) in [5.74, 6) is 0.460. The standard InChI is InChI=1S/C17H17N3O/c1-10-5-4-8-18-16(10)20-17(21)13-6-7-15-14(9-13)11(2)12(3)19-15/h4-9,19H,1-3H3,(H,18,20,21). The van der Waals surface area contributed by atoms with Gasteiger partial charge in [0.05, 0.1) is 0 Å². The van der Waals surface area contributed by atoms with Gasteiger partial charge < -0.3 is 10.3 Å². The third-order valence-corrected chi connectivity index (χ3v) is 3.81. The number of fused-ring (bicyclic) bond motifs is 1. The van der Waals surface area contributed by atoms with Gasteiger partial charge >= 0.3 is 0 Å². The Morgan fingerprint density at radius 3 is 2.76 bits per heavy atom. The number of rotatable bonds is 2. The second kappa shape index (κ2) is 5.05. The van der Waals surface area contributed by atoms with E-state index >= 15 is 0 Å². The highest BCUT2D eigenvalue weighted by molar-refractivity contribution is 6.06. The number of nitrogens with one attached hydrogen (secondary N) is 2. The summed E-state index contributed by atoms with van der Waals surface area (Å²) >= 11 is 0. The molecule has 1 aromatic carbocycles. The highest BCUT2D eigenvalue weighted by Crippen LogP contribution is 2.23. The predicted molar refractivity (Wildman–Crippen MR) is 84.7 cm³/mol. The Balaban J connectivity index is 1.95. The van der Waals surface area contributed by atoms with Gasteiger partial charge in [0, 0.05) is 28.4 Å². The van der Waals surface area contributed by atoms with Crippen molar-refractivity contribution in [2.45, 2.75) is 20.8 Å². The lowest BCUT2D eigenvalue weighted by atomic mass is 10.1. The van der Waals surface area contributed by atoms with Gasteiger partial charge in [-0.15, -0.1) is 0 Å². The summed E-state index contributed by atoms with van der Waals surface area (Å²) < 4.78 is 0. The van der Waals surface area contributed by atoms with Gasteiger partial charge in [-0.3, -0.25) is 4.79 Å². The third kappa shape index (κ3) is 2.40. The molecule has 3 aromatic rings. The Hall–Kier alpha value is -2.62. The van der Waals surface area contributed by atoms with E-state index in [0.29, 0.717) is 11.4 Å². The van der Waals surface area contributed by atoms with Gasteiger partial charge in [0.2, 0.25) is 0 Å². The zero-order valence-electron chi connectivity index (χ0n) is 12.3. The number of aromatic nitrogens is 2. The van der Waals surface area contributed by atoms with E-state index in [4.69, 9.17) is 0 Å². The largest absolute Gasteiger partial charge is 0.358 e. The molecule has 0 aliphatic rings. The molecule has 0 spiro atoms. The van der Waals surface area contributed by atoms with Crippen LogP contribution in [-0.2, 0) is 0 Å². The average Bonchev–Trinajstić information content (AvgIpc) is 2.76. The van der Waals surface area contributed by atoms with Crippen LogP contribution in [0.2, 0.25) is 0 Å². The van der Waals surface area contributed by atoms with Crippen LogP contribution in [0.25, 0.3) is 10.9 Å². The zero-order chi connectivity index (χ0) is 15.0. The topological polar surface area (TPSA) is 57.8 Å². The molecule has 4 heteroatoms. The fourth-order valence-electron chi connectivity index (χ4n) is 2.40. The van der Waals surface area contributed by atoms with E-state index in [1.165, 1.54) is 5.56 Å². The van der Waals surface area contributed by atoms with Crippen LogP contribution >= 0.6 is 0 Å². The molecule has 0 saturated carbocycles. The number of carbonyl (C=O) groups is 1. The monoisotopic (exact) mass is 279 g/mol. The molecule has 106 valence electrons. The van der Waals surface area contributed by atoms with Gasteiger partial charge in [0.25, 0.3) is 5.91 Å². The first-order valence-electron chi connectivity index (χ1n) is 6.88. The van der Waals surface area contributed by atoms with Crippen molar-refractivity contribution >= 4 is 22.6 Å². The lowest BCUT2D eigenvalue weighted by Gasteiger charge is -2.07. The predicted octanol–water partition coefficient (Wildman–Crippen LogP) is 3.74. The first-order valence-corrected chi connectivity index (χ1v) is 6.88. The summed E-state index contributed by atoms with van der Waals surface area (Å²) in [6.07, 6.45) is 1.67. The Bertz CT molecular complexity index is 833. The minimum Gasteiger partial charge on any atom is -0.358 e. The van der Waals surface area contributed by atoms with Crippen LogP contribution < -0.4 is 5.32 Å². The van der Waals surface area contributed by atoms with Crippen molar-refractivity contribution in [1.29, 1.82) is 0 Å². The van der Waals surface area contributed by atoms with Gasteiger partial charge in [-0.2, -0.15) is 0 Å². The van der Waals surface area contributed by atoms with E-state index in [1.807, 2.05) is 44.2 Å². The number of hydrogen-bond acceptors (Lipinski definition) is 2. The van der Waals surface area contributed by atoms with Crippen LogP contribution in [0.3, 0.4) is 0 Å². The van der Waals surface area contributed by atoms with Crippen molar-refractivity contribution in [3.05, 3.63) is 58.9 Å². The fourth-order valence-corrected chi connectivity index (χ4v) is 2.40. The van der Waals surface area contributed by atoms with Gasteiger partial charge in [0.15, 0.2) is 0 Å². The normalized spacial score (nSPS) is 10.8. The number of carbonyl (C=O) groups excluding carboxylic acids is 1. The number of hydrogen-bond donors (Lipinski definition) is 2. The molecule has 1 amide bonds. The van der Waals surface area contributed by atoms with E-state index in [0.717, 1.165) is 22.2 Å². The maximum Gasteiger partial charge on any atom is 0.256 e. The number of aryl methyl sites for hydroxylation is 3. The molecular weight excluding hydrogens is 262 g/mol. The third-order valence-electron chi connectivity index (χ3n) is 3.81. The summed E-state index contributed by atoms with van der Waals surface area (Å²) in [5, 5.41) is 3.94. The smallest absolute Gasteiger partial charge is 0.256 e. The molecule has 0 saturated heterocycles. The highest BCUT2D eigenvalue weighted by Gasteiger charge is 2.11. The molecule has 0 bridgehead atoms. The van der Waals surface area contributed by atoms with E-state index in [9.17, 15) is 4.79 Å². The molecule has 2 N–H and O–H groups in total. The molecule has 0 aliphatic heterocycles. The Morgan fingerprint density at radius 2 is 2.00 bits per heavy atom. The number of aromatic amines is 1. The van der Waals surface area contributed by atoms with Crippen LogP contribution in [0.15, 0.2) is 36.5 Å². The Morgan fingerprint density at radius 1 is 1.19 bits per heavy atom. The lowest BCUT2D eigenvalue weighted by Crippen LogP contribution is -2.13. The van der Waals surface area contributed by atoms with Crippen LogP contribution in [0.4, 0.5) is 5.82 Å². The molecule has 3 rings (SSSR count). The van der Waals surface area contributed by atoms with Gasteiger partial charge in [-0.25, -0.2) is 4.98 Å². The first kappa shape index (κ1) is 13.4. The van der Waals surface area contributed by atoms with E-state index < -0.39 is 0 Å². The van der Waals surface area contributed by atoms with E-state index in [-0.39, 0.29) is 5.91 Å². The number of pyridine rings is 1. The summed E-state index contributed by atoms with van der Waals surface area (Å²) in [7, 11) is 0. The number of H-pyrrole nitrogens is 1. The molecule has 2 heterocycles. The second-order valence-corrected chi connectivity index (χ2v) is 5.26. The molecule has 4 nitrogen and oxygen atoms in total. The molecule has 0 fully saturated rings. The first-order chi connectivity index (χ1) is 10.1. The molecule has 0 radical (unpaired) electrons. The van der Waals surface area contributed by atoms with E-state index in [1.54, 1.807) is 6.20 Å². The van der Waals surface area contributed by atoms with Gasteiger partial charge in [0.1, 0.15) is 5.82 Å². The average molecular weight is 279 g/mol. The summed E-state index contributed by atoms with van der Waals surface area (Å²) in [6.45, 7) is 6.01. The molecule has 0 atom stereocenters. The molecular formula is C17H17N3O. The second-order valence-electron chi connectivity index (χ2n) is 5.26.